The maximum Gasteiger partial charge on any atom is 0.0487 e. The first-order valence-corrected chi connectivity index (χ1v) is 17.7. The zero-order valence-electron chi connectivity index (χ0n) is 29.7. The smallest absolute Gasteiger partial charge is 0.0487 e. The van der Waals surface area contributed by atoms with Crippen LogP contribution in [0.4, 0.5) is 28.4 Å². The Kier molecular flexibility index (Phi) is 10.4. The normalized spacial score (nSPS) is 10.6. The number of anilines is 5. The van der Waals surface area contributed by atoms with Gasteiger partial charge in [0, 0.05) is 40.9 Å². The topological polar surface area (TPSA) is 6.48 Å². The van der Waals surface area contributed by atoms with Gasteiger partial charge < -0.3 is 9.80 Å². The number of rotatable bonds is 8. The molecule has 0 saturated carbocycles. The summed E-state index contributed by atoms with van der Waals surface area (Å²) in [5.41, 5.74) is 12.8. The van der Waals surface area contributed by atoms with Gasteiger partial charge in [0.1, 0.15) is 0 Å². The van der Waals surface area contributed by atoms with E-state index in [9.17, 15) is 0 Å². The van der Waals surface area contributed by atoms with Gasteiger partial charge in [-0.2, -0.15) is 0 Å². The molecule has 0 heterocycles. The first kappa shape index (κ1) is 33.8. The summed E-state index contributed by atoms with van der Waals surface area (Å²) in [5, 5.41) is 2.50. The van der Waals surface area contributed by atoms with E-state index >= 15 is 0 Å². The van der Waals surface area contributed by atoms with E-state index in [0.717, 1.165) is 22.7 Å². The molecule has 252 valence electrons. The van der Waals surface area contributed by atoms with Crippen molar-refractivity contribution in [2.75, 3.05) is 16.8 Å². The van der Waals surface area contributed by atoms with E-state index in [-0.39, 0.29) is 0 Å². The number of nitrogens with zero attached hydrogens (tertiary/aromatic N) is 2. The molecule has 0 amide bonds. The summed E-state index contributed by atoms with van der Waals surface area (Å²) < 4.78 is 0. The molecule has 0 atom stereocenters. The van der Waals surface area contributed by atoms with Crippen molar-refractivity contribution >= 4 is 39.2 Å². The van der Waals surface area contributed by atoms with E-state index in [2.05, 4.69) is 224 Å². The summed E-state index contributed by atoms with van der Waals surface area (Å²) in [5.74, 6) is 0. The molecule has 2 heteroatoms. The molecular formula is C50H42N2. The van der Waals surface area contributed by atoms with E-state index in [0.29, 0.717) is 0 Å². The fourth-order valence-electron chi connectivity index (χ4n) is 6.68. The van der Waals surface area contributed by atoms with Gasteiger partial charge in [0.15, 0.2) is 0 Å². The van der Waals surface area contributed by atoms with Crippen LogP contribution in [-0.2, 0) is 0 Å². The molecule has 0 saturated heterocycles. The minimum atomic E-state index is 1.10. The van der Waals surface area contributed by atoms with Crippen molar-refractivity contribution in [3.63, 3.8) is 0 Å². The lowest BCUT2D eigenvalue weighted by Gasteiger charge is -2.27. The predicted molar refractivity (Wildman–Crippen MR) is 225 cm³/mol. The van der Waals surface area contributed by atoms with Crippen LogP contribution in [0.25, 0.3) is 44.2 Å². The number of fused-ring (bicyclic) bond motifs is 1. The Bertz CT molecular complexity index is 2290. The van der Waals surface area contributed by atoms with E-state index in [1.807, 2.05) is 6.92 Å². The highest BCUT2D eigenvalue weighted by atomic mass is 15.1. The van der Waals surface area contributed by atoms with Crippen molar-refractivity contribution in [2.24, 2.45) is 0 Å². The Morgan fingerprint density at radius 3 is 1.33 bits per heavy atom. The monoisotopic (exact) mass is 670 g/mol. The molecule has 2 nitrogen and oxygen atoms in total. The molecule has 8 aromatic carbocycles. The van der Waals surface area contributed by atoms with E-state index in [4.69, 9.17) is 0 Å². The van der Waals surface area contributed by atoms with Crippen LogP contribution >= 0.6 is 0 Å². The molecule has 0 aliphatic carbocycles. The highest BCUT2D eigenvalue weighted by Gasteiger charge is 2.15. The molecule has 0 aliphatic heterocycles. The maximum atomic E-state index is 3.36. The van der Waals surface area contributed by atoms with Gasteiger partial charge in [-0.25, -0.2) is 0 Å². The number of allylic oxidation sites excluding steroid dienone is 1. The summed E-state index contributed by atoms with van der Waals surface area (Å²) in [4.78, 5) is 4.62. The molecule has 8 rings (SSSR count). The van der Waals surface area contributed by atoms with Crippen molar-refractivity contribution < 1.29 is 0 Å². The number of hydrogen-bond acceptors (Lipinski definition) is 2. The van der Waals surface area contributed by atoms with Gasteiger partial charge in [0.25, 0.3) is 0 Å². The summed E-state index contributed by atoms with van der Waals surface area (Å²) in [6, 6.07) is 71.6. The average molecular weight is 671 g/mol. The molecule has 0 aromatic heterocycles. The van der Waals surface area contributed by atoms with Crippen LogP contribution in [0.1, 0.15) is 6.92 Å². The third-order valence-electron chi connectivity index (χ3n) is 9.26. The highest BCUT2D eigenvalue weighted by molar-refractivity contribution is 5.96. The molecule has 0 aliphatic rings. The second-order valence-corrected chi connectivity index (χ2v) is 12.7. The van der Waals surface area contributed by atoms with Crippen LogP contribution in [0.3, 0.4) is 0 Å². The minimum absolute atomic E-state index is 1.10. The van der Waals surface area contributed by atoms with E-state index in [1.165, 1.54) is 49.8 Å². The summed E-state index contributed by atoms with van der Waals surface area (Å²) in [6.07, 6.45) is 1.75. The fourth-order valence-corrected chi connectivity index (χ4v) is 6.68. The van der Waals surface area contributed by atoms with Crippen LogP contribution < -0.4 is 9.80 Å². The third kappa shape index (κ3) is 7.43. The third-order valence-corrected chi connectivity index (χ3v) is 9.26. The molecule has 0 unspecified atom stereocenters. The van der Waals surface area contributed by atoms with Crippen molar-refractivity contribution in [3.8, 4) is 33.4 Å². The minimum Gasteiger partial charge on any atom is -0.344 e. The standard InChI is InChI=1S/C47H36N2.C3H6/c1-48(47-24-12-18-39-17-8-9-23-46(39)47)42-29-25-37(26-30-42)38-27-31-43(32-28-38)49(44-21-10-19-40(33-44)35-13-4-2-5-14-35)45-22-11-20-41(34-45)36-15-6-3-7-16-36;1-3-2/h2-34H,1H3;3H,1H2,2H3. The Balaban J connectivity index is 0.00000136. The van der Waals surface area contributed by atoms with Gasteiger partial charge >= 0.3 is 0 Å². The van der Waals surface area contributed by atoms with Crippen molar-refractivity contribution in [2.45, 2.75) is 6.92 Å². The highest BCUT2D eigenvalue weighted by Crippen LogP contribution is 2.39. The first-order chi connectivity index (χ1) is 25.6. The van der Waals surface area contributed by atoms with Crippen LogP contribution in [0.5, 0.6) is 0 Å². The molecule has 0 spiro atoms. The molecular weight excluding hydrogens is 629 g/mol. The van der Waals surface area contributed by atoms with Gasteiger partial charge in [-0.05, 0) is 100 Å². The summed E-state index contributed by atoms with van der Waals surface area (Å²) in [6.45, 7) is 5.25. The van der Waals surface area contributed by atoms with Gasteiger partial charge in [-0.3, -0.25) is 0 Å². The molecule has 0 radical (unpaired) electrons. The molecule has 0 bridgehead atoms. The zero-order valence-corrected chi connectivity index (χ0v) is 29.7. The van der Waals surface area contributed by atoms with Gasteiger partial charge in [0.2, 0.25) is 0 Å². The lowest BCUT2D eigenvalue weighted by Crippen LogP contribution is -2.10. The quantitative estimate of drug-likeness (QED) is 0.148. The molecule has 8 aromatic rings. The molecule has 52 heavy (non-hydrogen) atoms. The van der Waals surface area contributed by atoms with Crippen molar-refractivity contribution in [1.82, 2.24) is 0 Å². The Labute approximate surface area is 308 Å². The lowest BCUT2D eigenvalue weighted by atomic mass is 10.0. The molecule has 0 N–H and O–H groups in total. The largest absolute Gasteiger partial charge is 0.344 e. The number of hydrogen-bond donors (Lipinski definition) is 0. The second kappa shape index (κ2) is 15.9. The number of benzene rings is 8. The van der Waals surface area contributed by atoms with Crippen molar-refractivity contribution in [3.05, 3.63) is 213 Å². The fraction of sp³-hybridized carbons (Fsp3) is 0.0400. The summed E-state index contributed by atoms with van der Waals surface area (Å²) >= 11 is 0. The Hall–Kier alpha value is -6.64. The Morgan fingerprint density at radius 2 is 0.788 bits per heavy atom. The van der Waals surface area contributed by atoms with Crippen LogP contribution in [-0.4, -0.2) is 7.05 Å². The Morgan fingerprint density at radius 1 is 0.385 bits per heavy atom. The summed E-state index contributed by atoms with van der Waals surface area (Å²) in [7, 11) is 2.14. The zero-order chi connectivity index (χ0) is 35.7. The van der Waals surface area contributed by atoms with Gasteiger partial charge in [0.05, 0.1) is 0 Å². The van der Waals surface area contributed by atoms with Crippen LogP contribution in [0.15, 0.2) is 213 Å². The van der Waals surface area contributed by atoms with Gasteiger partial charge in [-0.1, -0.05) is 152 Å². The van der Waals surface area contributed by atoms with Crippen molar-refractivity contribution in [1.29, 1.82) is 0 Å². The van der Waals surface area contributed by atoms with Crippen LogP contribution in [0, 0.1) is 0 Å². The SMILES string of the molecule is C=CC.CN(c1ccc(-c2ccc(N(c3cccc(-c4ccccc4)c3)c3cccc(-c4ccccc4)c3)cc2)cc1)c1cccc2ccccc12. The average Bonchev–Trinajstić information content (AvgIpc) is 3.22. The first-order valence-electron chi connectivity index (χ1n) is 17.7. The lowest BCUT2D eigenvalue weighted by molar-refractivity contribution is 1.22. The predicted octanol–water partition coefficient (Wildman–Crippen LogP) is 14.3. The molecule has 0 fully saturated rings. The van der Waals surface area contributed by atoms with E-state index < -0.39 is 0 Å². The van der Waals surface area contributed by atoms with E-state index in [1.54, 1.807) is 6.08 Å². The maximum absolute atomic E-state index is 3.36. The second-order valence-electron chi connectivity index (χ2n) is 12.7. The van der Waals surface area contributed by atoms with Crippen LogP contribution in [0.2, 0.25) is 0 Å². The van der Waals surface area contributed by atoms with Gasteiger partial charge in [-0.15, -0.1) is 6.58 Å².